The summed E-state index contributed by atoms with van der Waals surface area (Å²) in [4.78, 5) is 27.4. The van der Waals surface area contributed by atoms with E-state index in [4.69, 9.17) is 4.74 Å². The van der Waals surface area contributed by atoms with E-state index in [1.165, 1.54) is 17.8 Å². The lowest BCUT2D eigenvalue weighted by atomic mass is 10.0. The summed E-state index contributed by atoms with van der Waals surface area (Å²) in [6.45, 7) is 8.56. The van der Waals surface area contributed by atoms with E-state index < -0.39 is 5.97 Å². The highest BCUT2D eigenvalue weighted by Gasteiger charge is 2.24. The predicted molar refractivity (Wildman–Crippen MR) is 114 cm³/mol. The van der Waals surface area contributed by atoms with E-state index >= 15 is 0 Å². The number of esters is 1. The van der Waals surface area contributed by atoms with Crippen LogP contribution in [0.3, 0.4) is 0 Å². The number of hydrogen-bond acceptors (Lipinski definition) is 5. The second kappa shape index (κ2) is 9.34. The van der Waals surface area contributed by atoms with Crippen LogP contribution in [0, 0.1) is 12.8 Å². The van der Waals surface area contributed by atoms with Crippen molar-refractivity contribution in [3.8, 4) is 11.1 Å². The first-order chi connectivity index (χ1) is 13.5. The Hall–Kier alpha value is -2.18. The lowest BCUT2D eigenvalue weighted by molar-refractivity contribution is -0.117. The highest BCUT2D eigenvalue weighted by atomic mass is 32.1. The van der Waals surface area contributed by atoms with Crippen LogP contribution in [0.15, 0.2) is 29.6 Å². The van der Waals surface area contributed by atoms with Gasteiger partial charge in [-0.1, -0.05) is 36.8 Å². The van der Waals surface area contributed by atoms with Crippen molar-refractivity contribution in [1.29, 1.82) is 0 Å². The Bertz CT molecular complexity index is 829. The number of carbonyl (C=O) groups is 2. The second-order valence-corrected chi connectivity index (χ2v) is 8.35. The van der Waals surface area contributed by atoms with Gasteiger partial charge in [-0.05, 0) is 44.7 Å². The summed E-state index contributed by atoms with van der Waals surface area (Å²) in [5, 5.41) is 5.42. The number of likely N-dealkylation sites (tertiary alicyclic amines) is 1. The number of ether oxygens (including phenoxy) is 1. The van der Waals surface area contributed by atoms with Crippen LogP contribution in [-0.4, -0.2) is 43.0 Å². The van der Waals surface area contributed by atoms with Gasteiger partial charge in [-0.3, -0.25) is 9.69 Å². The van der Waals surface area contributed by atoms with E-state index in [9.17, 15) is 9.59 Å². The van der Waals surface area contributed by atoms with Gasteiger partial charge in [-0.2, -0.15) is 0 Å². The first-order valence-electron chi connectivity index (χ1n) is 9.85. The molecule has 1 atom stereocenters. The molecule has 0 spiro atoms. The van der Waals surface area contributed by atoms with Gasteiger partial charge in [0, 0.05) is 17.5 Å². The molecule has 0 bridgehead atoms. The maximum absolute atomic E-state index is 12.6. The summed E-state index contributed by atoms with van der Waals surface area (Å²) in [5.41, 5.74) is 3.33. The molecular weight excluding hydrogens is 372 g/mol. The fourth-order valence-corrected chi connectivity index (χ4v) is 4.57. The van der Waals surface area contributed by atoms with Gasteiger partial charge in [-0.15, -0.1) is 11.3 Å². The Balaban J connectivity index is 1.80. The molecule has 1 aromatic heterocycles. The van der Waals surface area contributed by atoms with E-state index in [0.29, 0.717) is 29.6 Å². The molecule has 1 fully saturated rings. The number of hydrogen-bond donors (Lipinski definition) is 1. The number of piperidine rings is 1. The van der Waals surface area contributed by atoms with E-state index in [1.807, 2.05) is 36.6 Å². The molecule has 1 aliphatic rings. The highest BCUT2D eigenvalue weighted by molar-refractivity contribution is 7.15. The molecule has 1 saturated heterocycles. The fourth-order valence-electron chi connectivity index (χ4n) is 3.60. The first-order valence-corrected chi connectivity index (χ1v) is 10.7. The zero-order valence-corrected chi connectivity index (χ0v) is 17.6. The van der Waals surface area contributed by atoms with Gasteiger partial charge in [-0.25, -0.2) is 4.79 Å². The van der Waals surface area contributed by atoms with Gasteiger partial charge in [0.05, 0.1) is 13.2 Å². The van der Waals surface area contributed by atoms with Crippen LogP contribution in [0.1, 0.15) is 42.6 Å². The summed E-state index contributed by atoms with van der Waals surface area (Å²) >= 11 is 1.37. The molecule has 1 N–H and O–H groups in total. The zero-order chi connectivity index (χ0) is 20.1. The standard InChI is InChI=1S/C22H28N2O3S/c1-4-27-22(26)20-18(17-9-7-15(2)8-10-17)14-28-21(20)23-19(25)13-24-11-5-6-16(3)12-24/h7-10,14,16H,4-6,11-13H2,1-3H3,(H,23,25). The third kappa shape index (κ3) is 5.00. The number of carbonyl (C=O) groups excluding carboxylic acids is 2. The summed E-state index contributed by atoms with van der Waals surface area (Å²) in [5.74, 6) is 0.129. The van der Waals surface area contributed by atoms with Crippen molar-refractivity contribution in [2.75, 3.05) is 31.6 Å². The minimum atomic E-state index is -0.402. The molecule has 3 rings (SSSR count). The number of thiophene rings is 1. The topological polar surface area (TPSA) is 58.6 Å². The molecule has 1 unspecified atom stereocenters. The molecule has 1 aliphatic heterocycles. The van der Waals surface area contributed by atoms with Gasteiger partial charge in [0.2, 0.25) is 5.91 Å². The van der Waals surface area contributed by atoms with Crippen LogP contribution in [0.4, 0.5) is 5.00 Å². The van der Waals surface area contributed by atoms with Crippen molar-refractivity contribution in [3.05, 3.63) is 40.8 Å². The third-order valence-electron chi connectivity index (χ3n) is 4.99. The first kappa shape index (κ1) is 20.6. The van der Waals surface area contributed by atoms with Gasteiger partial charge >= 0.3 is 5.97 Å². The quantitative estimate of drug-likeness (QED) is 0.722. The van der Waals surface area contributed by atoms with Crippen molar-refractivity contribution in [2.45, 2.75) is 33.6 Å². The molecule has 1 aromatic carbocycles. The lowest BCUT2D eigenvalue weighted by Crippen LogP contribution is -2.39. The van der Waals surface area contributed by atoms with E-state index in [2.05, 4.69) is 17.1 Å². The van der Waals surface area contributed by atoms with Gasteiger partial charge in [0.15, 0.2) is 0 Å². The number of amides is 1. The molecule has 28 heavy (non-hydrogen) atoms. The van der Waals surface area contributed by atoms with E-state index in [1.54, 1.807) is 6.92 Å². The number of nitrogens with zero attached hydrogens (tertiary/aromatic N) is 1. The van der Waals surface area contributed by atoms with Crippen molar-refractivity contribution in [2.24, 2.45) is 5.92 Å². The summed E-state index contributed by atoms with van der Waals surface area (Å²) in [6, 6.07) is 8.00. The van der Waals surface area contributed by atoms with Crippen LogP contribution < -0.4 is 5.32 Å². The number of rotatable bonds is 6. The molecule has 0 aliphatic carbocycles. The molecule has 0 radical (unpaired) electrons. The van der Waals surface area contributed by atoms with Crippen LogP contribution in [0.5, 0.6) is 0 Å². The number of aryl methyl sites for hydroxylation is 1. The van der Waals surface area contributed by atoms with Crippen molar-refractivity contribution < 1.29 is 14.3 Å². The van der Waals surface area contributed by atoms with Crippen LogP contribution >= 0.6 is 11.3 Å². The van der Waals surface area contributed by atoms with Gasteiger partial charge in [0.1, 0.15) is 10.6 Å². The van der Waals surface area contributed by atoms with Crippen LogP contribution in [-0.2, 0) is 9.53 Å². The minimum Gasteiger partial charge on any atom is -0.462 e. The number of anilines is 1. The Labute approximate surface area is 170 Å². The fraction of sp³-hybridized carbons (Fsp3) is 0.455. The largest absolute Gasteiger partial charge is 0.462 e. The Morgan fingerprint density at radius 2 is 2.04 bits per heavy atom. The van der Waals surface area contributed by atoms with E-state index in [-0.39, 0.29) is 5.91 Å². The minimum absolute atomic E-state index is 0.0862. The zero-order valence-electron chi connectivity index (χ0n) is 16.8. The molecule has 2 aromatic rings. The second-order valence-electron chi connectivity index (χ2n) is 7.47. The van der Waals surface area contributed by atoms with E-state index in [0.717, 1.165) is 36.2 Å². The maximum Gasteiger partial charge on any atom is 0.341 e. The SMILES string of the molecule is CCOC(=O)c1c(-c2ccc(C)cc2)csc1NC(=O)CN1CCCC(C)C1. The average Bonchev–Trinajstić information content (AvgIpc) is 3.06. The molecule has 150 valence electrons. The summed E-state index contributed by atoms with van der Waals surface area (Å²) in [6.07, 6.45) is 2.34. The third-order valence-corrected chi connectivity index (χ3v) is 5.89. The van der Waals surface area contributed by atoms with Crippen molar-refractivity contribution in [3.63, 3.8) is 0 Å². The Morgan fingerprint density at radius 1 is 1.29 bits per heavy atom. The predicted octanol–water partition coefficient (Wildman–Crippen LogP) is 4.57. The molecule has 6 heteroatoms. The monoisotopic (exact) mass is 400 g/mol. The number of benzene rings is 1. The van der Waals surface area contributed by atoms with Crippen molar-refractivity contribution >= 4 is 28.2 Å². The summed E-state index contributed by atoms with van der Waals surface area (Å²) in [7, 11) is 0. The normalized spacial score (nSPS) is 17.3. The lowest BCUT2D eigenvalue weighted by Gasteiger charge is -2.30. The number of nitrogens with one attached hydrogen (secondary N) is 1. The molecule has 2 heterocycles. The van der Waals surface area contributed by atoms with Crippen LogP contribution in [0.25, 0.3) is 11.1 Å². The van der Waals surface area contributed by atoms with Gasteiger partial charge < -0.3 is 10.1 Å². The molecule has 5 nitrogen and oxygen atoms in total. The average molecular weight is 401 g/mol. The van der Waals surface area contributed by atoms with Crippen molar-refractivity contribution in [1.82, 2.24) is 4.90 Å². The Kier molecular flexibility index (Phi) is 6.86. The Morgan fingerprint density at radius 3 is 2.71 bits per heavy atom. The van der Waals surface area contributed by atoms with Crippen LogP contribution in [0.2, 0.25) is 0 Å². The van der Waals surface area contributed by atoms with Gasteiger partial charge in [0.25, 0.3) is 0 Å². The maximum atomic E-state index is 12.6. The summed E-state index contributed by atoms with van der Waals surface area (Å²) < 4.78 is 5.26. The highest BCUT2D eigenvalue weighted by Crippen LogP contribution is 2.36. The molecule has 1 amide bonds. The molecule has 0 saturated carbocycles. The smallest absolute Gasteiger partial charge is 0.341 e. The molecular formula is C22H28N2O3S.